The average Bonchev–Trinajstić information content (AvgIpc) is 2.38. The van der Waals surface area contributed by atoms with Gasteiger partial charge in [0.2, 0.25) is 0 Å². The number of carbonyl (C=O) groups is 1. The van der Waals surface area contributed by atoms with Crippen LogP contribution < -0.4 is 0 Å². The molecule has 0 aliphatic rings. The van der Waals surface area contributed by atoms with Crippen LogP contribution in [0.25, 0.3) is 11.1 Å². The zero-order valence-corrected chi connectivity index (χ0v) is 11.9. The number of benzene rings is 2. The van der Waals surface area contributed by atoms with Crippen molar-refractivity contribution >= 4 is 40.8 Å². The molecule has 2 aromatic carbocycles. The summed E-state index contributed by atoms with van der Waals surface area (Å²) < 4.78 is 0. The Hall–Kier alpha value is -1.22. The van der Waals surface area contributed by atoms with E-state index in [0.717, 1.165) is 0 Å². The highest BCUT2D eigenvalue weighted by molar-refractivity contribution is 6.39. The lowest BCUT2D eigenvalue weighted by Gasteiger charge is -2.13. The van der Waals surface area contributed by atoms with Gasteiger partial charge in [0.05, 0.1) is 5.56 Å². The monoisotopic (exact) mass is 314 g/mol. The van der Waals surface area contributed by atoms with Gasteiger partial charge in [-0.3, -0.25) is 0 Å². The van der Waals surface area contributed by atoms with E-state index in [9.17, 15) is 9.90 Å². The molecule has 0 fully saturated rings. The molecular formula is C14H9Cl3O2. The van der Waals surface area contributed by atoms with Gasteiger partial charge in [0.25, 0.3) is 0 Å². The van der Waals surface area contributed by atoms with Gasteiger partial charge in [-0.05, 0) is 29.3 Å². The van der Waals surface area contributed by atoms with Gasteiger partial charge in [-0.1, -0.05) is 41.4 Å². The van der Waals surface area contributed by atoms with E-state index in [2.05, 4.69) is 0 Å². The van der Waals surface area contributed by atoms with Crippen molar-refractivity contribution in [3.8, 4) is 11.1 Å². The number of hydrogen-bond donors (Lipinski definition) is 1. The second kappa shape index (κ2) is 5.83. The minimum Gasteiger partial charge on any atom is -0.478 e. The number of rotatable bonds is 3. The van der Waals surface area contributed by atoms with Crippen LogP contribution in [0.2, 0.25) is 10.0 Å². The third-order valence-corrected chi connectivity index (χ3v) is 3.67. The third-order valence-electron chi connectivity index (χ3n) is 2.77. The molecule has 0 aliphatic heterocycles. The molecule has 2 nitrogen and oxygen atoms in total. The summed E-state index contributed by atoms with van der Waals surface area (Å²) in [4.78, 5) is 11.2. The van der Waals surface area contributed by atoms with E-state index in [1.807, 2.05) is 0 Å². The summed E-state index contributed by atoms with van der Waals surface area (Å²) in [6.07, 6.45) is 0. The normalized spacial score (nSPS) is 10.5. The molecule has 0 saturated carbocycles. The maximum atomic E-state index is 11.2. The molecule has 0 aliphatic carbocycles. The zero-order chi connectivity index (χ0) is 14.0. The molecule has 2 rings (SSSR count). The van der Waals surface area contributed by atoms with Crippen molar-refractivity contribution in [1.29, 1.82) is 0 Å². The van der Waals surface area contributed by atoms with Crippen molar-refractivity contribution in [3.05, 3.63) is 57.6 Å². The zero-order valence-electron chi connectivity index (χ0n) is 9.66. The van der Waals surface area contributed by atoms with Crippen LogP contribution >= 0.6 is 34.8 Å². The van der Waals surface area contributed by atoms with Crippen molar-refractivity contribution < 1.29 is 9.90 Å². The summed E-state index contributed by atoms with van der Waals surface area (Å²) in [6, 6.07) is 10.1. The third kappa shape index (κ3) is 2.71. The van der Waals surface area contributed by atoms with E-state index in [0.29, 0.717) is 26.7 Å². The molecule has 0 bridgehead atoms. The highest BCUT2D eigenvalue weighted by atomic mass is 35.5. The fraction of sp³-hybridized carbons (Fsp3) is 0.0714. The van der Waals surface area contributed by atoms with E-state index >= 15 is 0 Å². The summed E-state index contributed by atoms with van der Waals surface area (Å²) in [5.74, 6) is -0.958. The largest absolute Gasteiger partial charge is 0.478 e. The lowest BCUT2D eigenvalue weighted by atomic mass is 9.96. The van der Waals surface area contributed by atoms with Gasteiger partial charge in [0.1, 0.15) is 0 Å². The number of aromatic carboxylic acids is 1. The van der Waals surface area contributed by atoms with Crippen LogP contribution in [0.5, 0.6) is 0 Å². The van der Waals surface area contributed by atoms with Crippen molar-refractivity contribution in [2.75, 3.05) is 0 Å². The Balaban J connectivity index is 2.76. The highest BCUT2D eigenvalue weighted by Gasteiger charge is 2.17. The van der Waals surface area contributed by atoms with Gasteiger partial charge in [-0.25, -0.2) is 4.79 Å². The molecule has 2 aromatic rings. The molecule has 0 amide bonds. The van der Waals surface area contributed by atoms with Crippen LogP contribution in [0.4, 0.5) is 0 Å². The van der Waals surface area contributed by atoms with Gasteiger partial charge in [-0.15, -0.1) is 11.6 Å². The van der Waals surface area contributed by atoms with Crippen LogP contribution in [0.3, 0.4) is 0 Å². The molecule has 0 atom stereocenters. The molecular weight excluding hydrogens is 307 g/mol. The Kier molecular flexibility index (Phi) is 4.35. The van der Waals surface area contributed by atoms with Crippen LogP contribution in [0, 0.1) is 0 Å². The standard InChI is InChI=1S/C14H9Cl3O2/c15-7-10-8(3-1-4-9(10)14(18)19)13-11(16)5-2-6-12(13)17/h1-6H,7H2,(H,18,19). The van der Waals surface area contributed by atoms with Crippen molar-refractivity contribution in [2.24, 2.45) is 0 Å². The molecule has 0 spiro atoms. The van der Waals surface area contributed by atoms with E-state index < -0.39 is 5.97 Å². The Morgan fingerprint density at radius 1 is 1.05 bits per heavy atom. The van der Waals surface area contributed by atoms with Gasteiger partial charge < -0.3 is 5.11 Å². The van der Waals surface area contributed by atoms with E-state index in [4.69, 9.17) is 34.8 Å². The Morgan fingerprint density at radius 2 is 1.63 bits per heavy atom. The lowest BCUT2D eigenvalue weighted by Crippen LogP contribution is -2.03. The first-order valence-corrected chi connectivity index (χ1v) is 6.70. The van der Waals surface area contributed by atoms with Gasteiger partial charge in [-0.2, -0.15) is 0 Å². The SMILES string of the molecule is O=C(O)c1cccc(-c2c(Cl)cccc2Cl)c1CCl. The highest BCUT2D eigenvalue weighted by Crippen LogP contribution is 2.38. The first-order valence-electron chi connectivity index (χ1n) is 5.41. The Bertz CT molecular complexity index is 618. The molecule has 1 N–H and O–H groups in total. The van der Waals surface area contributed by atoms with Crippen LogP contribution in [0.1, 0.15) is 15.9 Å². The predicted octanol–water partition coefficient (Wildman–Crippen LogP) is 5.10. The number of carboxylic acids is 1. The van der Waals surface area contributed by atoms with Gasteiger partial charge in [0, 0.05) is 21.5 Å². The smallest absolute Gasteiger partial charge is 0.336 e. The number of hydrogen-bond acceptors (Lipinski definition) is 1. The topological polar surface area (TPSA) is 37.3 Å². The summed E-state index contributed by atoms with van der Waals surface area (Å²) in [6.45, 7) is 0. The molecule has 98 valence electrons. The lowest BCUT2D eigenvalue weighted by molar-refractivity contribution is 0.0696. The maximum absolute atomic E-state index is 11.2. The van der Waals surface area contributed by atoms with E-state index in [-0.39, 0.29) is 11.4 Å². The molecule has 0 radical (unpaired) electrons. The first kappa shape index (κ1) is 14.2. The molecule has 0 aromatic heterocycles. The molecule has 5 heteroatoms. The fourth-order valence-corrected chi connectivity index (χ4v) is 2.81. The average molecular weight is 316 g/mol. The summed E-state index contributed by atoms with van der Waals surface area (Å²) in [7, 11) is 0. The number of carboxylic acid groups (broad SMARTS) is 1. The molecule has 0 saturated heterocycles. The van der Waals surface area contributed by atoms with Gasteiger partial charge in [0.15, 0.2) is 0 Å². The second-order valence-corrected chi connectivity index (χ2v) is 4.95. The minimum atomic E-state index is -1.03. The summed E-state index contributed by atoms with van der Waals surface area (Å²) >= 11 is 18.2. The van der Waals surface area contributed by atoms with Gasteiger partial charge >= 0.3 is 5.97 Å². The maximum Gasteiger partial charge on any atom is 0.336 e. The second-order valence-electron chi connectivity index (χ2n) is 3.87. The van der Waals surface area contributed by atoms with Crippen LogP contribution in [-0.2, 0) is 5.88 Å². The molecule has 19 heavy (non-hydrogen) atoms. The van der Waals surface area contributed by atoms with Crippen LogP contribution in [-0.4, -0.2) is 11.1 Å². The van der Waals surface area contributed by atoms with E-state index in [1.54, 1.807) is 30.3 Å². The quantitative estimate of drug-likeness (QED) is 0.800. The molecule has 0 unspecified atom stereocenters. The Morgan fingerprint density at radius 3 is 2.16 bits per heavy atom. The van der Waals surface area contributed by atoms with E-state index in [1.165, 1.54) is 6.07 Å². The first-order chi connectivity index (χ1) is 9.06. The summed E-state index contributed by atoms with van der Waals surface area (Å²) in [5.41, 5.74) is 1.91. The number of alkyl halides is 1. The van der Waals surface area contributed by atoms with Crippen molar-refractivity contribution in [1.82, 2.24) is 0 Å². The molecule has 0 heterocycles. The predicted molar refractivity (Wildman–Crippen MR) is 78.4 cm³/mol. The van der Waals surface area contributed by atoms with Crippen LogP contribution in [0.15, 0.2) is 36.4 Å². The Labute approximate surface area is 125 Å². The number of halogens is 3. The van der Waals surface area contributed by atoms with Crippen molar-refractivity contribution in [3.63, 3.8) is 0 Å². The fourth-order valence-electron chi connectivity index (χ4n) is 1.92. The van der Waals surface area contributed by atoms with Crippen molar-refractivity contribution in [2.45, 2.75) is 5.88 Å². The minimum absolute atomic E-state index is 0.0688. The summed E-state index contributed by atoms with van der Waals surface area (Å²) in [5, 5.41) is 10.1.